The van der Waals surface area contributed by atoms with Crippen LogP contribution in [0.2, 0.25) is 0 Å². The largest absolute Gasteiger partial charge is 0.489 e. The number of hydrogen-bond donors (Lipinski definition) is 1. The maximum absolute atomic E-state index is 14.4. The standard InChI is InChI=1S/C26H33FN2O5/c1-28(25(31)29-11-3-4-23(29)17-30)22-7-5-19(6-8-22)18-34-24-15-20(14-21(27)16-24)26(32-2)9-12-33-13-10-26/h5-8,14-16,23,30H,3-4,9-13,17-18H2,1-2H3/t23-/m1/s1. The molecule has 0 bridgehead atoms. The number of aliphatic hydroxyl groups excluding tert-OH is 1. The summed E-state index contributed by atoms with van der Waals surface area (Å²) in [5.74, 6) is 0.0763. The van der Waals surface area contributed by atoms with Gasteiger partial charge in [0.2, 0.25) is 0 Å². The minimum Gasteiger partial charge on any atom is -0.489 e. The minimum absolute atomic E-state index is 0.0169. The molecule has 184 valence electrons. The number of halogens is 1. The number of ether oxygens (including phenoxy) is 3. The number of likely N-dealkylation sites (tertiary alicyclic amines) is 1. The summed E-state index contributed by atoms with van der Waals surface area (Å²) in [5.41, 5.74) is 1.85. The second-order valence-electron chi connectivity index (χ2n) is 8.96. The predicted octanol–water partition coefficient (Wildman–Crippen LogP) is 4.07. The van der Waals surface area contributed by atoms with Crippen molar-refractivity contribution < 1.29 is 28.5 Å². The van der Waals surface area contributed by atoms with Gasteiger partial charge in [0, 0.05) is 58.5 Å². The number of rotatable bonds is 7. The number of urea groups is 1. The Hall–Kier alpha value is -2.68. The molecular weight excluding hydrogens is 439 g/mol. The molecule has 1 atom stereocenters. The summed E-state index contributed by atoms with van der Waals surface area (Å²) in [7, 11) is 3.38. The molecule has 0 spiro atoms. The summed E-state index contributed by atoms with van der Waals surface area (Å²) in [6.45, 7) is 2.05. The molecule has 0 aromatic heterocycles. The van der Waals surface area contributed by atoms with Gasteiger partial charge in [-0.15, -0.1) is 0 Å². The Balaban J connectivity index is 1.41. The molecule has 2 aromatic rings. The summed E-state index contributed by atoms with van der Waals surface area (Å²) in [5, 5.41) is 9.50. The quantitative estimate of drug-likeness (QED) is 0.658. The highest BCUT2D eigenvalue weighted by molar-refractivity contribution is 5.91. The van der Waals surface area contributed by atoms with Crippen LogP contribution in [-0.2, 0) is 21.7 Å². The van der Waals surface area contributed by atoms with E-state index in [0.717, 1.165) is 29.7 Å². The Kier molecular flexibility index (Phi) is 7.70. The van der Waals surface area contributed by atoms with Crippen LogP contribution >= 0.6 is 0 Å². The van der Waals surface area contributed by atoms with Crippen molar-refractivity contribution in [3.63, 3.8) is 0 Å². The van der Waals surface area contributed by atoms with Crippen LogP contribution in [0.4, 0.5) is 14.9 Å². The maximum Gasteiger partial charge on any atom is 0.324 e. The van der Waals surface area contributed by atoms with Crippen molar-refractivity contribution in [2.24, 2.45) is 0 Å². The summed E-state index contributed by atoms with van der Waals surface area (Å²) < 4.78 is 31.5. The van der Waals surface area contributed by atoms with E-state index in [-0.39, 0.29) is 31.1 Å². The van der Waals surface area contributed by atoms with Crippen molar-refractivity contribution in [2.75, 3.05) is 45.4 Å². The fourth-order valence-corrected chi connectivity index (χ4v) is 4.78. The molecule has 8 heteroatoms. The van der Waals surface area contributed by atoms with Crippen LogP contribution in [0, 0.1) is 5.82 Å². The molecule has 7 nitrogen and oxygen atoms in total. The maximum atomic E-state index is 14.4. The van der Waals surface area contributed by atoms with Crippen molar-refractivity contribution in [1.82, 2.24) is 4.90 Å². The van der Waals surface area contributed by atoms with Gasteiger partial charge in [-0.2, -0.15) is 0 Å². The van der Waals surface area contributed by atoms with Crippen LogP contribution in [0.25, 0.3) is 0 Å². The van der Waals surface area contributed by atoms with Crippen LogP contribution in [-0.4, -0.2) is 62.6 Å². The number of amides is 2. The Bertz CT molecular complexity index is 978. The van der Waals surface area contributed by atoms with Gasteiger partial charge in [-0.25, -0.2) is 9.18 Å². The van der Waals surface area contributed by atoms with Crippen LogP contribution < -0.4 is 9.64 Å². The number of carbonyl (C=O) groups excluding carboxylic acids is 1. The first kappa shape index (κ1) is 24.4. The molecule has 4 rings (SSSR count). The lowest BCUT2D eigenvalue weighted by molar-refractivity contribution is -0.0950. The van der Waals surface area contributed by atoms with Gasteiger partial charge in [-0.05, 0) is 48.2 Å². The number of aliphatic hydroxyl groups is 1. The molecule has 0 radical (unpaired) electrons. The van der Waals surface area contributed by atoms with Gasteiger partial charge in [0.1, 0.15) is 18.2 Å². The lowest BCUT2D eigenvalue weighted by atomic mass is 9.86. The second-order valence-corrected chi connectivity index (χ2v) is 8.96. The molecule has 2 amide bonds. The van der Waals surface area contributed by atoms with E-state index in [0.29, 0.717) is 38.3 Å². The first-order valence-electron chi connectivity index (χ1n) is 11.8. The third-order valence-corrected chi connectivity index (χ3v) is 6.94. The zero-order valence-corrected chi connectivity index (χ0v) is 19.8. The molecule has 34 heavy (non-hydrogen) atoms. The molecule has 2 fully saturated rings. The topological polar surface area (TPSA) is 71.5 Å². The van der Waals surface area contributed by atoms with Gasteiger partial charge in [-0.1, -0.05) is 12.1 Å². The molecule has 0 unspecified atom stereocenters. The van der Waals surface area contributed by atoms with E-state index in [9.17, 15) is 14.3 Å². The molecule has 2 aliphatic heterocycles. The van der Waals surface area contributed by atoms with Crippen molar-refractivity contribution >= 4 is 11.7 Å². The number of anilines is 1. The third-order valence-electron chi connectivity index (χ3n) is 6.94. The lowest BCUT2D eigenvalue weighted by Crippen LogP contribution is -2.45. The van der Waals surface area contributed by atoms with Crippen molar-refractivity contribution in [2.45, 2.75) is 43.9 Å². The summed E-state index contributed by atoms with van der Waals surface area (Å²) in [4.78, 5) is 16.1. The van der Waals surface area contributed by atoms with Gasteiger partial charge in [0.25, 0.3) is 0 Å². The molecule has 1 N–H and O–H groups in total. The van der Waals surface area contributed by atoms with E-state index in [1.54, 1.807) is 24.0 Å². The zero-order chi connectivity index (χ0) is 24.1. The van der Waals surface area contributed by atoms with Gasteiger partial charge in [0.15, 0.2) is 0 Å². The minimum atomic E-state index is -0.568. The van der Waals surface area contributed by atoms with E-state index in [1.165, 1.54) is 12.1 Å². The normalized spacial score (nSPS) is 19.8. The molecular formula is C26H33FN2O5. The summed E-state index contributed by atoms with van der Waals surface area (Å²) >= 11 is 0. The van der Waals surface area contributed by atoms with Crippen molar-refractivity contribution in [3.8, 4) is 5.75 Å². The van der Waals surface area contributed by atoms with Gasteiger partial charge >= 0.3 is 6.03 Å². The fraction of sp³-hybridized carbons (Fsp3) is 0.500. The Labute approximate surface area is 200 Å². The molecule has 2 saturated heterocycles. The number of methoxy groups -OCH3 is 1. The highest BCUT2D eigenvalue weighted by Gasteiger charge is 2.35. The van der Waals surface area contributed by atoms with Gasteiger partial charge in [-0.3, -0.25) is 4.90 Å². The Morgan fingerprint density at radius 3 is 2.65 bits per heavy atom. The van der Waals surface area contributed by atoms with Crippen LogP contribution in [0.5, 0.6) is 5.75 Å². The lowest BCUT2D eigenvalue weighted by Gasteiger charge is -2.36. The highest BCUT2D eigenvalue weighted by atomic mass is 19.1. The van der Waals surface area contributed by atoms with E-state index < -0.39 is 5.60 Å². The average Bonchev–Trinajstić information content (AvgIpc) is 3.36. The first-order chi connectivity index (χ1) is 16.5. The Morgan fingerprint density at radius 1 is 1.24 bits per heavy atom. The van der Waals surface area contributed by atoms with Crippen LogP contribution in [0.1, 0.15) is 36.8 Å². The van der Waals surface area contributed by atoms with Crippen molar-refractivity contribution in [3.05, 3.63) is 59.4 Å². The zero-order valence-electron chi connectivity index (χ0n) is 19.8. The smallest absolute Gasteiger partial charge is 0.324 e. The number of nitrogens with zero attached hydrogens (tertiary/aromatic N) is 2. The SMILES string of the molecule is COC1(c2cc(F)cc(OCc3ccc(N(C)C(=O)N4CCC[C@@H]4CO)cc3)c2)CCOCC1. The van der Waals surface area contributed by atoms with Crippen molar-refractivity contribution in [1.29, 1.82) is 0 Å². The van der Waals surface area contributed by atoms with E-state index in [2.05, 4.69) is 0 Å². The fourth-order valence-electron chi connectivity index (χ4n) is 4.78. The number of benzene rings is 2. The highest BCUT2D eigenvalue weighted by Crippen LogP contribution is 2.37. The average molecular weight is 473 g/mol. The molecule has 2 aromatic carbocycles. The van der Waals surface area contributed by atoms with Gasteiger partial charge in [0.05, 0.1) is 18.2 Å². The monoisotopic (exact) mass is 472 g/mol. The van der Waals surface area contributed by atoms with E-state index >= 15 is 0 Å². The van der Waals surface area contributed by atoms with Crippen LogP contribution in [0.3, 0.4) is 0 Å². The number of hydrogen-bond acceptors (Lipinski definition) is 5. The Morgan fingerprint density at radius 2 is 1.97 bits per heavy atom. The third kappa shape index (κ3) is 5.19. The molecule has 0 aliphatic carbocycles. The van der Waals surface area contributed by atoms with E-state index in [4.69, 9.17) is 14.2 Å². The summed E-state index contributed by atoms with van der Waals surface area (Å²) in [6, 6.07) is 12.0. The van der Waals surface area contributed by atoms with Crippen LogP contribution in [0.15, 0.2) is 42.5 Å². The predicted molar refractivity (Wildman–Crippen MR) is 127 cm³/mol. The molecule has 2 heterocycles. The number of carbonyl (C=O) groups is 1. The summed E-state index contributed by atoms with van der Waals surface area (Å²) in [6.07, 6.45) is 3.06. The molecule has 0 saturated carbocycles. The second kappa shape index (κ2) is 10.7. The first-order valence-corrected chi connectivity index (χ1v) is 11.8. The van der Waals surface area contributed by atoms with E-state index in [1.807, 2.05) is 30.3 Å². The molecule has 2 aliphatic rings. The van der Waals surface area contributed by atoms with Gasteiger partial charge < -0.3 is 24.2 Å².